The van der Waals surface area contributed by atoms with Gasteiger partial charge in [0.25, 0.3) is 0 Å². The van der Waals surface area contributed by atoms with Gasteiger partial charge in [-0.05, 0) is 38.0 Å². The van der Waals surface area contributed by atoms with Crippen molar-refractivity contribution in [3.63, 3.8) is 0 Å². The normalized spacial score (nSPS) is 15.6. The van der Waals surface area contributed by atoms with Crippen molar-refractivity contribution in [2.45, 2.75) is 44.9 Å². The molecule has 0 radical (unpaired) electrons. The third kappa shape index (κ3) is 3.50. The highest BCUT2D eigenvalue weighted by molar-refractivity contribution is 9.10. The second kappa shape index (κ2) is 7.30. The number of hydrogen-bond acceptors (Lipinski definition) is 3. The first-order chi connectivity index (χ1) is 11.2. The summed E-state index contributed by atoms with van der Waals surface area (Å²) in [6.07, 6.45) is 7.55. The van der Waals surface area contributed by atoms with Crippen molar-refractivity contribution >= 4 is 21.9 Å². The predicted octanol–water partition coefficient (Wildman–Crippen LogP) is 4.86. The molecule has 1 aromatic carbocycles. The molecule has 0 unspecified atom stereocenters. The lowest BCUT2D eigenvalue weighted by Crippen LogP contribution is -2.15. The van der Waals surface area contributed by atoms with Crippen LogP contribution in [0.4, 0.5) is 0 Å². The van der Waals surface area contributed by atoms with Crippen LogP contribution < -0.4 is 0 Å². The first-order valence-electron chi connectivity index (χ1n) is 8.21. The van der Waals surface area contributed by atoms with Crippen molar-refractivity contribution in [1.82, 2.24) is 9.78 Å². The molecule has 1 aliphatic carbocycles. The number of esters is 1. The van der Waals surface area contributed by atoms with Crippen LogP contribution in [0.2, 0.25) is 0 Å². The molecule has 122 valence electrons. The lowest BCUT2D eigenvalue weighted by molar-refractivity contribution is 0.0524. The van der Waals surface area contributed by atoms with Gasteiger partial charge >= 0.3 is 5.97 Å². The van der Waals surface area contributed by atoms with E-state index in [0.29, 0.717) is 18.1 Å². The molecule has 0 amide bonds. The van der Waals surface area contributed by atoms with Crippen molar-refractivity contribution in [2.75, 3.05) is 6.61 Å². The Morgan fingerprint density at radius 3 is 2.83 bits per heavy atom. The van der Waals surface area contributed by atoms with E-state index >= 15 is 0 Å². The zero-order valence-electron chi connectivity index (χ0n) is 13.3. The summed E-state index contributed by atoms with van der Waals surface area (Å²) in [5, 5.41) is 4.50. The summed E-state index contributed by atoms with van der Waals surface area (Å²) in [4.78, 5) is 12.3. The van der Waals surface area contributed by atoms with Gasteiger partial charge in [-0.3, -0.25) is 0 Å². The largest absolute Gasteiger partial charge is 0.462 e. The van der Waals surface area contributed by atoms with E-state index in [4.69, 9.17) is 4.74 Å². The first-order valence-corrected chi connectivity index (χ1v) is 9.01. The Hall–Kier alpha value is -1.62. The van der Waals surface area contributed by atoms with E-state index in [1.54, 1.807) is 6.20 Å². The van der Waals surface area contributed by atoms with Gasteiger partial charge in [-0.25, -0.2) is 9.48 Å². The highest BCUT2D eigenvalue weighted by Crippen LogP contribution is 2.36. The van der Waals surface area contributed by atoms with Gasteiger partial charge in [-0.2, -0.15) is 5.10 Å². The second-order valence-electron chi connectivity index (χ2n) is 5.89. The number of nitrogens with zero attached hydrogens (tertiary/aromatic N) is 2. The molecule has 4 nitrogen and oxygen atoms in total. The Bertz CT molecular complexity index is 690. The zero-order valence-corrected chi connectivity index (χ0v) is 14.9. The minimum Gasteiger partial charge on any atom is -0.462 e. The van der Waals surface area contributed by atoms with Crippen LogP contribution >= 0.6 is 15.9 Å². The van der Waals surface area contributed by atoms with Crippen LogP contribution in [0, 0.1) is 0 Å². The number of rotatable bonds is 4. The van der Waals surface area contributed by atoms with E-state index < -0.39 is 0 Å². The van der Waals surface area contributed by atoms with E-state index in [9.17, 15) is 4.79 Å². The van der Waals surface area contributed by atoms with Crippen molar-refractivity contribution in [2.24, 2.45) is 0 Å². The molecule has 1 heterocycles. The Balaban J connectivity index is 2.06. The number of ether oxygens (including phenoxy) is 1. The molecule has 1 saturated carbocycles. The summed E-state index contributed by atoms with van der Waals surface area (Å²) in [5.41, 5.74) is 2.58. The second-order valence-corrected chi connectivity index (χ2v) is 6.81. The highest BCUT2D eigenvalue weighted by Gasteiger charge is 2.27. The zero-order chi connectivity index (χ0) is 16.2. The van der Waals surface area contributed by atoms with Gasteiger partial charge in [-0.15, -0.1) is 0 Å². The Kier molecular flexibility index (Phi) is 5.16. The summed E-state index contributed by atoms with van der Waals surface area (Å²) in [7, 11) is 0. The van der Waals surface area contributed by atoms with E-state index in [0.717, 1.165) is 28.7 Å². The molecule has 23 heavy (non-hydrogen) atoms. The molecule has 1 aromatic heterocycles. The fourth-order valence-electron chi connectivity index (χ4n) is 3.31. The Morgan fingerprint density at radius 1 is 1.35 bits per heavy atom. The van der Waals surface area contributed by atoms with Gasteiger partial charge in [0.2, 0.25) is 0 Å². The maximum Gasteiger partial charge on any atom is 0.341 e. The Labute approximate surface area is 145 Å². The summed E-state index contributed by atoms with van der Waals surface area (Å²) in [6, 6.07) is 8.00. The van der Waals surface area contributed by atoms with E-state index in [-0.39, 0.29) is 5.97 Å². The SMILES string of the molecule is CCOC(=O)c1cnn(-c2cccc(Br)c2)c1C1CCCCC1. The maximum atomic E-state index is 12.3. The molecular weight excluding hydrogens is 356 g/mol. The van der Waals surface area contributed by atoms with Crippen LogP contribution in [0.15, 0.2) is 34.9 Å². The fraction of sp³-hybridized carbons (Fsp3) is 0.444. The van der Waals surface area contributed by atoms with Gasteiger partial charge in [0.1, 0.15) is 5.56 Å². The molecule has 1 fully saturated rings. The van der Waals surface area contributed by atoms with Crippen LogP contribution in [0.25, 0.3) is 5.69 Å². The molecular formula is C18H21BrN2O2. The summed E-state index contributed by atoms with van der Waals surface area (Å²) in [6.45, 7) is 2.21. The van der Waals surface area contributed by atoms with Crippen LogP contribution in [0.5, 0.6) is 0 Å². The molecule has 5 heteroatoms. The van der Waals surface area contributed by atoms with Gasteiger partial charge in [-0.1, -0.05) is 41.3 Å². The molecule has 0 saturated heterocycles. The standard InChI is InChI=1S/C18H21BrN2O2/c1-2-23-18(22)16-12-20-21(15-10-6-9-14(19)11-15)17(16)13-7-4-3-5-8-13/h6,9-13H,2-5,7-8H2,1H3. The average Bonchev–Trinajstić information content (AvgIpc) is 3.01. The number of hydrogen-bond donors (Lipinski definition) is 0. The minimum atomic E-state index is -0.269. The van der Waals surface area contributed by atoms with Crippen molar-refractivity contribution in [3.8, 4) is 5.69 Å². The Morgan fingerprint density at radius 2 is 2.13 bits per heavy atom. The lowest BCUT2D eigenvalue weighted by atomic mass is 9.85. The van der Waals surface area contributed by atoms with Gasteiger partial charge in [0.15, 0.2) is 0 Å². The van der Waals surface area contributed by atoms with Crippen LogP contribution in [0.3, 0.4) is 0 Å². The van der Waals surface area contributed by atoms with Crippen LogP contribution in [0.1, 0.15) is 61.0 Å². The lowest BCUT2D eigenvalue weighted by Gasteiger charge is -2.23. The molecule has 1 aliphatic rings. The smallest absolute Gasteiger partial charge is 0.341 e. The molecule has 0 atom stereocenters. The van der Waals surface area contributed by atoms with Crippen LogP contribution in [-0.4, -0.2) is 22.4 Å². The molecule has 2 aromatic rings. The summed E-state index contributed by atoms with van der Waals surface area (Å²) in [5.74, 6) is 0.0963. The fourth-order valence-corrected chi connectivity index (χ4v) is 3.69. The predicted molar refractivity (Wildman–Crippen MR) is 93.0 cm³/mol. The van der Waals surface area contributed by atoms with Gasteiger partial charge in [0.05, 0.1) is 24.2 Å². The number of halogens is 1. The van der Waals surface area contributed by atoms with E-state index in [1.165, 1.54) is 19.3 Å². The molecule has 0 spiro atoms. The minimum absolute atomic E-state index is 0.269. The van der Waals surface area contributed by atoms with E-state index in [2.05, 4.69) is 21.0 Å². The number of carbonyl (C=O) groups is 1. The summed E-state index contributed by atoms with van der Waals surface area (Å²) >= 11 is 3.51. The number of benzene rings is 1. The van der Waals surface area contributed by atoms with Crippen molar-refractivity contribution in [1.29, 1.82) is 0 Å². The van der Waals surface area contributed by atoms with Crippen molar-refractivity contribution in [3.05, 3.63) is 46.2 Å². The van der Waals surface area contributed by atoms with Gasteiger partial charge < -0.3 is 4.74 Å². The van der Waals surface area contributed by atoms with Crippen molar-refractivity contribution < 1.29 is 9.53 Å². The number of aromatic nitrogens is 2. The maximum absolute atomic E-state index is 12.3. The molecule has 0 aliphatic heterocycles. The highest BCUT2D eigenvalue weighted by atomic mass is 79.9. The quantitative estimate of drug-likeness (QED) is 0.715. The first kappa shape index (κ1) is 16.2. The average molecular weight is 377 g/mol. The number of carbonyl (C=O) groups excluding carboxylic acids is 1. The van der Waals surface area contributed by atoms with Gasteiger partial charge in [0, 0.05) is 10.4 Å². The summed E-state index contributed by atoms with van der Waals surface area (Å²) < 4.78 is 8.14. The molecule has 3 rings (SSSR count). The third-order valence-electron chi connectivity index (χ3n) is 4.35. The monoisotopic (exact) mass is 376 g/mol. The van der Waals surface area contributed by atoms with E-state index in [1.807, 2.05) is 35.9 Å². The third-order valence-corrected chi connectivity index (χ3v) is 4.84. The molecule has 0 N–H and O–H groups in total. The molecule has 0 bridgehead atoms. The topological polar surface area (TPSA) is 44.1 Å². The van der Waals surface area contributed by atoms with Crippen LogP contribution in [-0.2, 0) is 4.74 Å².